The number of hydrogen-bond donors (Lipinski definition) is 5. The topological polar surface area (TPSA) is 184 Å². The van der Waals surface area contributed by atoms with Crippen LogP contribution in [0.5, 0.6) is 5.75 Å². The van der Waals surface area contributed by atoms with Crippen molar-refractivity contribution in [2.24, 2.45) is 23.5 Å². The summed E-state index contributed by atoms with van der Waals surface area (Å²) < 4.78 is 5.77. The van der Waals surface area contributed by atoms with Crippen LogP contribution in [-0.2, 0) is 23.9 Å². The quantitative estimate of drug-likeness (QED) is 0.287. The molecule has 0 heterocycles. The summed E-state index contributed by atoms with van der Waals surface area (Å²) in [5.74, 6) is -10.1. The van der Waals surface area contributed by atoms with Gasteiger partial charge in [-0.05, 0) is 29.2 Å². The predicted octanol–water partition coefficient (Wildman–Crippen LogP) is 1.52. The molecule has 0 aliphatic heterocycles. The minimum atomic E-state index is -2.93. The van der Waals surface area contributed by atoms with Crippen molar-refractivity contribution in [3.63, 3.8) is 0 Å². The van der Waals surface area contributed by atoms with Crippen molar-refractivity contribution in [3.8, 4) is 5.75 Å². The van der Waals surface area contributed by atoms with Gasteiger partial charge in [-0.3, -0.25) is 19.2 Å². The van der Waals surface area contributed by atoms with Crippen molar-refractivity contribution in [1.29, 1.82) is 0 Å². The molecule has 0 radical (unpaired) electrons. The lowest BCUT2D eigenvalue weighted by Crippen LogP contribution is -2.70. The molecule has 0 aromatic heterocycles. The van der Waals surface area contributed by atoms with Crippen molar-refractivity contribution in [2.75, 3.05) is 0 Å². The van der Waals surface area contributed by atoms with Gasteiger partial charge in [0.15, 0.2) is 11.4 Å². The highest BCUT2D eigenvalue weighted by Gasteiger charge is 2.68. The second-order valence-corrected chi connectivity index (χ2v) is 10.0. The first-order valence-electron chi connectivity index (χ1n) is 12.5. The van der Waals surface area contributed by atoms with Crippen LogP contribution in [0, 0.1) is 17.8 Å². The average molecular weight is 534 g/mol. The molecule has 6 atom stereocenters. The van der Waals surface area contributed by atoms with Crippen LogP contribution < -0.4 is 5.73 Å². The molecule has 0 spiro atoms. The normalized spacial score (nSPS) is 30.8. The first kappa shape index (κ1) is 26.3. The summed E-state index contributed by atoms with van der Waals surface area (Å²) in [5, 5.41) is 44.5. The number of phenolic OH excluding ortho intramolecular Hbond substituents is 1. The molecule has 39 heavy (non-hydrogen) atoms. The van der Waals surface area contributed by atoms with E-state index in [1.54, 1.807) is 48.5 Å². The molecule has 2 aromatic carbocycles. The zero-order valence-electron chi connectivity index (χ0n) is 20.9. The maximum Gasteiger partial charge on any atom is 0.305 e. The summed E-state index contributed by atoms with van der Waals surface area (Å²) in [7, 11) is 0. The maximum atomic E-state index is 14.1. The molecule has 2 fully saturated rings. The van der Waals surface area contributed by atoms with Gasteiger partial charge in [0.25, 0.3) is 0 Å². The third kappa shape index (κ3) is 3.86. The lowest BCUT2D eigenvalue weighted by Gasteiger charge is -2.52. The van der Waals surface area contributed by atoms with Crippen LogP contribution in [0.1, 0.15) is 36.5 Å². The van der Waals surface area contributed by atoms with Gasteiger partial charge in [0, 0.05) is 12.3 Å². The number of aliphatic hydroxyl groups excluding tert-OH is 2. The van der Waals surface area contributed by atoms with Crippen molar-refractivity contribution in [3.05, 3.63) is 70.8 Å². The Morgan fingerprint density at radius 3 is 2.44 bits per heavy atom. The SMILES string of the molecule is CCC(=O)O[C@@H]1[C@H]2CC(O)C(C(N)=O)C(=O)[C@@]2(O)C(=O)C2=C(O)c3c(O)cccc3/C(=C\c3ccccc3)[C@H]21. The van der Waals surface area contributed by atoms with Crippen molar-refractivity contribution < 1.29 is 44.3 Å². The molecule has 5 rings (SSSR count). The van der Waals surface area contributed by atoms with E-state index in [0.29, 0.717) is 16.7 Å². The number of carbonyl (C=O) groups is 4. The molecule has 3 aliphatic carbocycles. The van der Waals surface area contributed by atoms with Gasteiger partial charge in [-0.2, -0.15) is 0 Å². The fraction of sp³-hybridized carbons (Fsp3) is 0.310. The monoisotopic (exact) mass is 533 g/mol. The summed E-state index contributed by atoms with van der Waals surface area (Å²) in [6.07, 6.45) is -1.89. The Hall–Kier alpha value is -4.28. The van der Waals surface area contributed by atoms with Crippen LogP contribution in [0.25, 0.3) is 17.4 Å². The van der Waals surface area contributed by atoms with Crippen LogP contribution in [0.4, 0.5) is 0 Å². The molecular weight excluding hydrogens is 506 g/mol. The van der Waals surface area contributed by atoms with Gasteiger partial charge in [0.05, 0.1) is 23.2 Å². The number of nitrogens with two attached hydrogens (primary N) is 1. The highest BCUT2D eigenvalue weighted by atomic mass is 16.5. The number of benzene rings is 2. The predicted molar refractivity (Wildman–Crippen MR) is 137 cm³/mol. The molecule has 10 nitrogen and oxygen atoms in total. The number of aliphatic hydroxyl groups is 3. The minimum absolute atomic E-state index is 0.0805. The summed E-state index contributed by atoms with van der Waals surface area (Å²) in [6, 6.07) is 13.4. The number of aromatic hydroxyl groups is 1. The van der Waals surface area contributed by atoms with Crippen molar-refractivity contribution in [2.45, 2.75) is 37.6 Å². The number of carbonyl (C=O) groups excluding carboxylic acids is 4. The van der Waals surface area contributed by atoms with Gasteiger partial charge in [0.2, 0.25) is 11.7 Å². The largest absolute Gasteiger partial charge is 0.507 e. The number of rotatable bonds is 4. The van der Waals surface area contributed by atoms with Crippen LogP contribution >= 0.6 is 0 Å². The Morgan fingerprint density at radius 1 is 1.10 bits per heavy atom. The standard InChI is InChI=1S/C29H27NO9/c1-2-19(33)39-25-16-12-18(32)22(28(30)37)26(35)29(16,38)27(36)23-21(25)15(11-13-7-4-3-5-8-13)14-9-6-10-17(31)20(14)24(23)34/h3-11,16,18,21-22,25,31-32,34,38H,2,12H2,1H3,(H2,30,37)/b15-11+/t16-,18?,21-,22?,25-,29-/m1/s1. The van der Waals surface area contributed by atoms with Gasteiger partial charge in [-0.25, -0.2) is 0 Å². The first-order valence-corrected chi connectivity index (χ1v) is 12.5. The van der Waals surface area contributed by atoms with E-state index >= 15 is 0 Å². The second kappa shape index (κ2) is 9.48. The number of esters is 1. The van der Waals surface area contributed by atoms with E-state index < -0.39 is 76.8 Å². The van der Waals surface area contributed by atoms with E-state index in [-0.39, 0.29) is 17.7 Å². The third-order valence-electron chi connectivity index (χ3n) is 7.87. The van der Waals surface area contributed by atoms with Crippen LogP contribution in [0.15, 0.2) is 54.1 Å². The van der Waals surface area contributed by atoms with E-state index in [2.05, 4.69) is 0 Å². The molecule has 10 heteroatoms. The fourth-order valence-electron chi connectivity index (χ4n) is 6.08. The number of ketones is 2. The van der Waals surface area contributed by atoms with E-state index in [4.69, 9.17) is 10.5 Å². The summed E-state index contributed by atoms with van der Waals surface area (Å²) in [4.78, 5) is 52.2. The van der Waals surface area contributed by atoms with Crippen molar-refractivity contribution in [1.82, 2.24) is 0 Å². The Balaban J connectivity index is 1.83. The summed E-state index contributed by atoms with van der Waals surface area (Å²) >= 11 is 0. The van der Waals surface area contributed by atoms with Gasteiger partial charge in [-0.1, -0.05) is 55.5 Å². The van der Waals surface area contributed by atoms with Gasteiger partial charge in [-0.15, -0.1) is 0 Å². The molecule has 2 unspecified atom stereocenters. The lowest BCUT2D eigenvalue weighted by molar-refractivity contribution is -0.192. The van der Waals surface area contributed by atoms with Crippen LogP contribution in [0.2, 0.25) is 0 Å². The number of hydrogen-bond acceptors (Lipinski definition) is 9. The van der Waals surface area contributed by atoms with E-state index in [0.717, 1.165) is 0 Å². The van der Waals surface area contributed by atoms with Crippen LogP contribution in [-0.4, -0.2) is 61.7 Å². The molecular formula is C29H27NO9. The van der Waals surface area contributed by atoms with Crippen molar-refractivity contribution >= 4 is 40.9 Å². The Labute approximate surface area is 223 Å². The molecule has 2 saturated carbocycles. The van der Waals surface area contributed by atoms with Gasteiger partial charge >= 0.3 is 5.97 Å². The minimum Gasteiger partial charge on any atom is -0.507 e. The summed E-state index contributed by atoms with van der Waals surface area (Å²) in [6.45, 7) is 1.54. The van der Waals surface area contributed by atoms with E-state index in [9.17, 15) is 39.6 Å². The second-order valence-electron chi connectivity index (χ2n) is 10.0. The van der Waals surface area contributed by atoms with E-state index in [1.807, 2.05) is 0 Å². The van der Waals surface area contributed by atoms with Gasteiger partial charge < -0.3 is 30.9 Å². The smallest absolute Gasteiger partial charge is 0.305 e. The maximum absolute atomic E-state index is 14.1. The molecule has 3 aliphatic rings. The number of fused-ring (bicyclic) bond motifs is 3. The third-order valence-corrected chi connectivity index (χ3v) is 7.87. The zero-order chi connectivity index (χ0) is 28.2. The first-order chi connectivity index (χ1) is 18.5. The van der Waals surface area contributed by atoms with Crippen LogP contribution in [0.3, 0.4) is 0 Å². The fourth-order valence-corrected chi connectivity index (χ4v) is 6.08. The van der Waals surface area contributed by atoms with E-state index in [1.165, 1.54) is 13.0 Å². The molecule has 1 amide bonds. The zero-order valence-corrected chi connectivity index (χ0v) is 20.9. The highest BCUT2D eigenvalue weighted by molar-refractivity contribution is 6.26. The molecule has 0 bridgehead atoms. The number of phenols is 1. The number of Topliss-reactive ketones (excluding diaryl/α,β-unsaturated/α-hetero) is 2. The molecule has 202 valence electrons. The molecule has 0 saturated heterocycles. The van der Waals surface area contributed by atoms with Gasteiger partial charge in [0.1, 0.15) is 23.5 Å². The number of amides is 1. The average Bonchev–Trinajstić information content (AvgIpc) is 2.90. The molecule has 2 aromatic rings. The number of primary amides is 1. The lowest BCUT2D eigenvalue weighted by atomic mass is 9.54. The molecule has 6 N–H and O–H groups in total. The summed E-state index contributed by atoms with van der Waals surface area (Å²) in [5.41, 5.74) is 3.25. The Kier molecular flexibility index (Phi) is 6.40. The Morgan fingerprint density at radius 2 is 1.79 bits per heavy atom. The highest BCUT2D eigenvalue weighted by Crippen LogP contribution is 2.56. The Bertz CT molecular complexity index is 1460. The number of ether oxygens (including phenoxy) is 1.